The minimum Gasteiger partial charge on any atom is -0.504 e. The van der Waals surface area contributed by atoms with E-state index in [1.165, 1.54) is 26.4 Å². The van der Waals surface area contributed by atoms with Crippen molar-refractivity contribution < 1.29 is 39.1 Å². The van der Waals surface area contributed by atoms with Crippen LogP contribution in [0, 0.1) is 0 Å². The Balaban J connectivity index is 2.11. The van der Waals surface area contributed by atoms with Crippen LogP contribution in [0.1, 0.15) is 20.7 Å². The fraction of sp³-hybridized carbons (Fsp3) is 0.176. The maximum Gasteiger partial charge on any atom is 0.338 e. The zero-order valence-corrected chi connectivity index (χ0v) is 13.5. The molecule has 0 saturated heterocycles. The van der Waals surface area contributed by atoms with E-state index in [2.05, 4.69) is 0 Å². The van der Waals surface area contributed by atoms with Gasteiger partial charge in [-0.05, 0) is 24.3 Å². The summed E-state index contributed by atoms with van der Waals surface area (Å²) in [4.78, 5) is 24.1. The first-order chi connectivity index (χ1) is 11.9. The lowest BCUT2D eigenvalue weighted by molar-refractivity contribution is 0.0473. The Morgan fingerprint density at radius 3 is 2.16 bits per heavy atom. The van der Waals surface area contributed by atoms with Crippen LogP contribution in [-0.4, -0.2) is 47.9 Å². The maximum atomic E-state index is 12.2. The summed E-state index contributed by atoms with van der Waals surface area (Å²) in [6, 6.07) is 6.39. The van der Waals surface area contributed by atoms with Crippen LogP contribution in [0.2, 0.25) is 0 Å². The third-order valence-electron chi connectivity index (χ3n) is 3.35. The lowest BCUT2D eigenvalue weighted by Gasteiger charge is -2.10. The molecule has 0 bridgehead atoms. The Labute approximate surface area is 142 Å². The number of hydrogen-bond acceptors (Lipinski definition) is 8. The third kappa shape index (κ3) is 3.92. The van der Waals surface area contributed by atoms with E-state index in [-0.39, 0.29) is 16.9 Å². The highest BCUT2D eigenvalue weighted by atomic mass is 16.5. The van der Waals surface area contributed by atoms with E-state index in [9.17, 15) is 24.9 Å². The van der Waals surface area contributed by atoms with Gasteiger partial charge in [-0.2, -0.15) is 0 Å². The SMILES string of the molecule is COc1ccc(C(=O)COC(=O)c2cc(O)c(O)c(O)c2)c(OC)c1. The van der Waals surface area contributed by atoms with Gasteiger partial charge in [-0.25, -0.2) is 4.79 Å². The normalized spacial score (nSPS) is 10.2. The van der Waals surface area contributed by atoms with Crippen molar-refractivity contribution in [2.24, 2.45) is 0 Å². The van der Waals surface area contributed by atoms with Crippen molar-refractivity contribution in [3.05, 3.63) is 41.5 Å². The van der Waals surface area contributed by atoms with E-state index in [0.29, 0.717) is 5.75 Å². The number of carbonyl (C=O) groups is 2. The highest BCUT2D eigenvalue weighted by Gasteiger charge is 2.18. The lowest BCUT2D eigenvalue weighted by atomic mass is 10.1. The van der Waals surface area contributed by atoms with E-state index >= 15 is 0 Å². The van der Waals surface area contributed by atoms with Crippen LogP contribution in [-0.2, 0) is 4.74 Å². The van der Waals surface area contributed by atoms with Crippen molar-refractivity contribution in [3.8, 4) is 28.7 Å². The van der Waals surface area contributed by atoms with Gasteiger partial charge in [0.15, 0.2) is 23.9 Å². The second kappa shape index (κ2) is 7.43. The van der Waals surface area contributed by atoms with Gasteiger partial charge in [-0.1, -0.05) is 0 Å². The van der Waals surface area contributed by atoms with Crippen molar-refractivity contribution in [3.63, 3.8) is 0 Å². The number of Topliss-reactive ketones (excluding diaryl/α,β-unsaturated/α-hetero) is 1. The molecule has 3 N–H and O–H groups in total. The minimum atomic E-state index is -0.952. The molecule has 0 fully saturated rings. The Kier molecular flexibility index (Phi) is 5.33. The molecule has 0 aromatic heterocycles. The molecule has 2 aromatic rings. The second-order valence-corrected chi connectivity index (χ2v) is 4.93. The number of phenols is 3. The standard InChI is InChI=1S/C17H16O8/c1-23-10-3-4-11(15(7-10)24-2)14(20)8-25-17(22)9-5-12(18)16(21)13(19)6-9/h3-7,18-19,21H,8H2,1-2H3. The molecule has 8 nitrogen and oxygen atoms in total. The summed E-state index contributed by atoms with van der Waals surface area (Å²) in [5.74, 6) is -2.83. The maximum absolute atomic E-state index is 12.2. The third-order valence-corrected chi connectivity index (χ3v) is 3.35. The number of esters is 1. The first-order valence-corrected chi connectivity index (χ1v) is 7.04. The Morgan fingerprint density at radius 1 is 0.960 bits per heavy atom. The van der Waals surface area contributed by atoms with E-state index in [4.69, 9.17) is 14.2 Å². The van der Waals surface area contributed by atoms with Crippen LogP contribution in [0.25, 0.3) is 0 Å². The van der Waals surface area contributed by atoms with E-state index in [1.54, 1.807) is 6.07 Å². The van der Waals surface area contributed by atoms with Crippen LogP contribution in [0.4, 0.5) is 0 Å². The minimum absolute atomic E-state index is 0.201. The number of hydrogen-bond donors (Lipinski definition) is 3. The number of benzene rings is 2. The van der Waals surface area contributed by atoms with Crippen molar-refractivity contribution in [2.75, 3.05) is 20.8 Å². The quantitative estimate of drug-likeness (QED) is 0.411. The van der Waals surface area contributed by atoms with Crippen LogP contribution < -0.4 is 9.47 Å². The molecule has 0 atom stereocenters. The molecule has 2 rings (SSSR count). The number of phenolic OH excluding ortho intramolecular Hbond substituents is 3. The lowest BCUT2D eigenvalue weighted by Crippen LogP contribution is -2.15. The zero-order valence-electron chi connectivity index (χ0n) is 13.5. The zero-order chi connectivity index (χ0) is 18.6. The van der Waals surface area contributed by atoms with Gasteiger partial charge >= 0.3 is 5.97 Å². The van der Waals surface area contributed by atoms with Gasteiger partial charge in [0.2, 0.25) is 5.78 Å². The van der Waals surface area contributed by atoms with Gasteiger partial charge in [-0.15, -0.1) is 0 Å². The molecule has 25 heavy (non-hydrogen) atoms. The van der Waals surface area contributed by atoms with Crippen molar-refractivity contribution >= 4 is 11.8 Å². The van der Waals surface area contributed by atoms with Crippen molar-refractivity contribution in [1.29, 1.82) is 0 Å². The Morgan fingerprint density at radius 2 is 1.60 bits per heavy atom. The number of ketones is 1. The molecule has 0 heterocycles. The summed E-state index contributed by atoms with van der Waals surface area (Å²) in [5.41, 5.74) is -0.0187. The molecular weight excluding hydrogens is 332 g/mol. The number of rotatable bonds is 6. The highest BCUT2D eigenvalue weighted by Crippen LogP contribution is 2.35. The van der Waals surface area contributed by atoms with E-state index < -0.39 is 35.6 Å². The molecular formula is C17H16O8. The monoisotopic (exact) mass is 348 g/mol. The summed E-state index contributed by atoms with van der Waals surface area (Å²) in [7, 11) is 2.86. The fourth-order valence-electron chi connectivity index (χ4n) is 2.04. The van der Waals surface area contributed by atoms with Gasteiger partial charge in [0.25, 0.3) is 0 Å². The molecule has 0 unspecified atom stereocenters. The summed E-state index contributed by atoms with van der Waals surface area (Å²) >= 11 is 0. The van der Waals surface area contributed by atoms with Crippen molar-refractivity contribution in [2.45, 2.75) is 0 Å². The Hall–Kier alpha value is -3.42. The molecule has 0 spiro atoms. The fourth-order valence-corrected chi connectivity index (χ4v) is 2.04. The number of ether oxygens (including phenoxy) is 3. The van der Waals surface area contributed by atoms with Crippen LogP contribution in [0.3, 0.4) is 0 Å². The van der Waals surface area contributed by atoms with Gasteiger partial charge < -0.3 is 29.5 Å². The molecule has 0 aliphatic rings. The van der Waals surface area contributed by atoms with Crippen molar-refractivity contribution in [1.82, 2.24) is 0 Å². The number of carbonyl (C=O) groups excluding carboxylic acids is 2. The van der Waals surface area contributed by atoms with Gasteiger partial charge in [0.1, 0.15) is 11.5 Å². The topological polar surface area (TPSA) is 123 Å². The van der Waals surface area contributed by atoms with Crippen LogP contribution >= 0.6 is 0 Å². The summed E-state index contributed by atoms with van der Waals surface area (Å²) < 4.78 is 15.0. The molecule has 0 radical (unpaired) electrons. The smallest absolute Gasteiger partial charge is 0.338 e. The van der Waals surface area contributed by atoms with Crippen LogP contribution in [0.15, 0.2) is 30.3 Å². The average molecular weight is 348 g/mol. The summed E-state index contributed by atoms with van der Waals surface area (Å²) in [6.07, 6.45) is 0. The summed E-state index contributed by atoms with van der Waals surface area (Å²) in [6.45, 7) is -0.579. The molecule has 132 valence electrons. The molecule has 0 aliphatic carbocycles. The molecule has 8 heteroatoms. The van der Waals surface area contributed by atoms with Crippen LogP contribution in [0.5, 0.6) is 28.7 Å². The van der Waals surface area contributed by atoms with E-state index in [1.807, 2.05) is 0 Å². The molecule has 0 saturated carbocycles. The molecule has 2 aromatic carbocycles. The average Bonchev–Trinajstić information content (AvgIpc) is 2.62. The van der Waals surface area contributed by atoms with Gasteiger partial charge in [-0.3, -0.25) is 4.79 Å². The highest BCUT2D eigenvalue weighted by molar-refractivity contribution is 6.01. The van der Waals surface area contributed by atoms with E-state index in [0.717, 1.165) is 12.1 Å². The Bertz CT molecular complexity index is 789. The first-order valence-electron chi connectivity index (χ1n) is 7.04. The number of methoxy groups -OCH3 is 2. The molecule has 0 amide bonds. The second-order valence-electron chi connectivity index (χ2n) is 4.93. The van der Waals surface area contributed by atoms with Gasteiger partial charge in [0, 0.05) is 6.07 Å². The predicted molar refractivity (Wildman–Crippen MR) is 85.6 cm³/mol. The molecule has 0 aliphatic heterocycles. The number of aromatic hydroxyl groups is 3. The first kappa shape index (κ1) is 17.9. The van der Waals surface area contributed by atoms with Gasteiger partial charge in [0.05, 0.1) is 25.3 Å². The largest absolute Gasteiger partial charge is 0.504 e. The predicted octanol–water partition coefficient (Wildman–Crippen LogP) is 1.86. The summed E-state index contributed by atoms with van der Waals surface area (Å²) in [5, 5.41) is 28.0.